The minimum absolute atomic E-state index is 0. The van der Waals surface area contributed by atoms with Crippen LogP contribution in [0, 0.1) is 56.0 Å². The van der Waals surface area contributed by atoms with Crippen LogP contribution in [0.2, 0.25) is 5.02 Å². The van der Waals surface area contributed by atoms with Crippen LogP contribution in [0.15, 0.2) is 145 Å². The van der Waals surface area contributed by atoms with Gasteiger partial charge >= 0.3 is 14.2 Å². The molecule has 1 radical (unpaired) electrons. The second kappa shape index (κ2) is 45.4. The predicted octanol–water partition coefficient (Wildman–Crippen LogP) is 17.7. The number of halogens is 3. The number of pyridine rings is 7. The molecule has 11 aromatic heterocycles. The summed E-state index contributed by atoms with van der Waals surface area (Å²) < 4.78 is 76.9. The van der Waals surface area contributed by atoms with Crippen LogP contribution >= 0.6 is 59.2 Å². The maximum Gasteiger partial charge on any atom is 0.526 e. The van der Waals surface area contributed by atoms with Gasteiger partial charge in [-0.3, -0.25) is 34.3 Å². The molecule has 31 nitrogen and oxygen atoms in total. The number of aromatic nitrogens is 7. The van der Waals surface area contributed by atoms with Crippen LogP contribution in [0.3, 0.4) is 0 Å². The molecule has 20 rings (SSSR count). The average molecular weight is 2080 g/mol. The highest BCUT2D eigenvalue weighted by atomic mass is 127. The summed E-state index contributed by atoms with van der Waals surface area (Å²) in [5.41, 5.74) is 16.3. The lowest BCUT2D eigenvalue weighted by Gasteiger charge is -2.32. The Labute approximate surface area is 833 Å². The number of furan rings is 4. The van der Waals surface area contributed by atoms with Crippen molar-refractivity contribution >= 4 is 154 Å². The SMILES string of the molecule is C.CC1(C)OB(c2ccc(OC3CCOCC3)c(C#N)c2)OC1(C)C.COc1cc(C(=O)N(C)C)cnc1-c1cc2ncc(C3CC3)c(-c3ccc(OC4CCOCC4)c(C#N)c3)c2o1.COc1cc(C(=O)N(C)C)cnc1-c1cc2ncc(C3CC3)c(Cl)c2o1.Cc1cc(C(=O)N(C)C)cnc1Br.N#Cc1c(C2CC2)cnc2cc(B(O)O)oc12.N#Cc1c(C2CC2)cnc2cc(I)oc12.[2H][B]P. The smallest absolute Gasteiger partial charge is 0.494 e. The number of hydrogen-bond acceptors (Lipinski definition) is 28. The Hall–Kier alpha value is -11.9. The van der Waals surface area contributed by atoms with E-state index in [9.17, 15) is 30.2 Å². The van der Waals surface area contributed by atoms with Crippen molar-refractivity contribution in [3.8, 4) is 81.3 Å². The van der Waals surface area contributed by atoms with Gasteiger partial charge in [0.1, 0.15) is 122 Å². The molecule has 0 spiro atoms. The van der Waals surface area contributed by atoms with Crippen molar-refractivity contribution in [1.29, 1.82) is 22.4 Å². The zero-order valence-electron chi connectivity index (χ0n) is 79.0. The molecule has 14 heterocycles. The fourth-order valence-corrected chi connectivity index (χ4v) is 16.6. The Balaban J connectivity index is 0.000000145. The molecule has 138 heavy (non-hydrogen) atoms. The third-order valence-corrected chi connectivity index (χ3v) is 26.1. The zero-order chi connectivity index (χ0) is 98.7. The molecule has 0 bridgehead atoms. The highest BCUT2D eigenvalue weighted by molar-refractivity contribution is 14.1. The summed E-state index contributed by atoms with van der Waals surface area (Å²) in [7, 11) is 14.4. The molecule has 2 N–H and O–H groups in total. The van der Waals surface area contributed by atoms with E-state index < -0.39 is 25.4 Å². The van der Waals surface area contributed by atoms with Crippen molar-refractivity contribution in [2.24, 2.45) is 0 Å². The molecule has 7 fully saturated rings. The van der Waals surface area contributed by atoms with Crippen LogP contribution in [-0.2, 0) is 18.8 Å². The lowest BCUT2D eigenvalue weighted by atomic mass is 9.78. The first-order valence-corrected chi connectivity index (χ1v) is 47.5. The highest BCUT2D eigenvalue weighted by Crippen LogP contribution is 2.51. The van der Waals surface area contributed by atoms with Crippen molar-refractivity contribution in [2.45, 2.75) is 166 Å². The highest BCUT2D eigenvalue weighted by Gasteiger charge is 2.52. The zero-order valence-corrected chi connectivity index (χ0v) is 83.7. The first-order chi connectivity index (χ1) is 66.2. The molecule has 1 atom stereocenters. The number of carbonyl (C=O) groups excluding carboxylic acids is 3. The Morgan fingerprint density at radius 3 is 1.38 bits per heavy atom. The molecule has 38 heteroatoms. The Morgan fingerprint density at radius 2 is 0.935 bits per heavy atom. The number of rotatable bonds is 18. The van der Waals surface area contributed by atoms with E-state index in [1.807, 2.05) is 102 Å². The monoisotopic (exact) mass is 2080 g/mol. The molecule has 7 aliphatic rings. The molecule has 13 aromatic rings. The van der Waals surface area contributed by atoms with E-state index >= 15 is 0 Å². The summed E-state index contributed by atoms with van der Waals surface area (Å²) >= 11 is 11.9. The Morgan fingerprint density at radius 1 is 0.529 bits per heavy atom. The van der Waals surface area contributed by atoms with Gasteiger partial charge in [-0.15, -0.1) is 0 Å². The van der Waals surface area contributed by atoms with E-state index in [0.717, 1.165) is 123 Å². The Kier molecular flexibility index (Phi) is 33.5. The van der Waals surface area contributed by atoms with E-state index in [1.54, 1.807) is 78.9 Å². The number of amides is 3. The third kappa shape index (κ3) is 24.0. The molecule has 713 valence electrons. The largest absolute Gasteiger partial charge is 0.526 e. The fraction of sp³-hybridized carbons (Fsp3) is 0.380. The summed E-state index contributed by atoms with van der Waals surface area (Å²) in [5.74, 6) is 4.53. The van der Waals surface area contributed by atoms with Crippen LogP contribution in [0.25, 0.3) is 78.4 Å². The standard InChI is InChI=1S/C31H30N4O5.C19H18ClN3O3.C18H24BNO4.C11H9BN2O3.C11H7IN2O.C9H11BrN2O.CH4.BH3P/c1-35(2)31(36)21-13-26(37-3)29(34-16-21)27-14-24-30(40-27)28(23(17-33-24)18-4-5-18)19-6-7-25(20(12-19)15-32)39-22-8-10-38-11-9-22;1-23(2)19(24)11-6-14(25-3)17(22-8-11)15-7-13-18(26-15)16(20)12(9-21-13)10-4-5-10;1-17(2)18(3,4)24-19(23-17)14-5-6-16(13(11-14)12-20)22-15-7-9-21-10-8-15;13-4-7-8(6-1-2-6)5-14-9-3-10(12(15)16)17-11(7)9;12-10-3-9-11(15-10)7(4-13)8(5-14-9)6-1-2-6;1-6-4-7(5-11-8(6)10)9(13)12(2)3;;1-2/h6-7,12-14,16-18,22H,4-5,8-11H2,1-3H3;6-10H,4-5H2,1-3H3;5-6,11,15H,7-10H2,1-4H3;3,5-6,15-16H,1-2H2;3,5-6H,1-2H2;4-5H,1-3H3;1H4;1H,2H2/i;;;;;;;1D. The number of methoxy groups -OCH3 is 2. The number of ether oxygens (including phenoxy) is 6. The topological polar surface area (TPSA) is 413 Å². The first-order valence-electron chi connectivity index (χ1n) is 45.2. The van der Waals surface area contributed by atoms with Gasteiger partial charge in [-0.25, -0.2) is 15.0 Å². The number of nitriles is 4. The lowest BCUT2D eigenvalue weighted by molar-refractivity contribution is 0.00578. The van der Waals surface area contributed by atoms with Crippen molar-refractivity contribution in [3.05, 3.63) is 202 Å². The van der Waals surface area contributed by atoms with E-state index in [1.165, 1.54) is 67.8 Å². The average Bonchev–Trinajstić information content (AvgIpc) is 1.61. The van der Waals surface area contributed by atoms with E-state index in [4.69, 9.17) is 88.6 Å². The first kappa shape index (κ1) is 102. The van der Waals surface area contributed by atoms with Crippen molar-refractivity contribution in [3.63, 3.8) is 0 Å². The molecule has 3 amide bonds. The number of carbonyl (C=O) groups is 3. The van der Waals surface area contributed by atoms with Crippen LogP contribution in [-0.4, -0.2) is 207 Å². The second-order valence-corrected chi connectivity index (χ2v) is 37.6. The summed E-state index contributed by atoms with van der Waals surface area (Å²) in [6.45, 7) is 12.7. The molecule has 4 saturated carbocycles. The van der Waals surface area contributed by atoms with E-state index in [0.29, 0.717) is 179 Å². The van der Waals surface area contributed by atoms with E-state index in [-0.39, 0.29) is 43.0 Å². The van der Waals surface area contributed by atoms with Crippen LogP contribution in [0.1, 0.15) is 217 Å². The summed E-state index contributed by atoms with van der Waals surface area (Å²) in [5, 5.41) is 56.5. The van der Waals surface area contributed by atoms with Gasteiger partial charge in [0, 0.05) is 141 Å². The van der Waals surface area contributed by atoms with Gasteiger partial charge in [0.25, 0.3) is 17.7 Å². The van der Waals surface area contributed by atoms with Gasteiger partial charge in [-0.2, -0.15) is 30.2 Å². The van der Waals surface area contributed by atoms with E-state index in [2.05, 4.69) is 102 Å². The van der Waals surface area contributed by atoms with Crippen LogP contribution in [0.4, 0.5) is 0 Å². The summed E-state index contributed by atoms with van der Waals surface area (Å²) in [6.07, 6.45) is 24.2. The normalized spacial score (nSPS) is 15.7. The molecule has 3 saturated heterocycles. The molecule has 4 aliphatic carbocycles. The molecule has 1 unspecified atom stereocenters. The lowest BCUT2D eigenvalue weighted by Crippen LogP contribution is -2.41. The van der Waals surface area contributed by atoms with Crippen molar-refractivity contribution < 1.29 is 79.8 Å². The van der Waals surface area contributed by atoms with Crippen LogP contribution in [0.5, 0.6) is 23.0 Å². The quantitative estimate of drug-likeness (QED) is 0.0349. The number of nitrogens with zero attached hydrogens (tertiary/aromatic N) is 14. The number of hydrogen-bond donors (Lipinski definition) is 2. The van der Waals surface area contributed by atoms with Crippen molar-refractivity contribution in [1.82, 2.24) is 49.6 Å². The van der Waals surface area contributed by atoms with Crippen LogP contribution < -0.4 is 30.1 Å². The van der Waals surface area contributed by atoms with Gasteiger partial charge in [-0.05, 0) is 231 Å². The van der Waals surface area contributed by atoms with Gasteiger partial charge in [-0.1, -0.05) is 31.2 Å². The van der Waals surface area contributed by atoms with Gasteiger partial charge < -0.3 is 80.1 Å². The predicted molar refractivity (Wildman–Crippen MR) is 541 cm³/mol. The minimum atomic E-state index is -1.68. The summed E-state index contributed by atoms with van der Waals surface area (Å²) in [4.78, 5) is 71.2. The molecule has 2 aromatic carbocycles. The molecular weight excluding hydrogens is 1970 g/mol. The van der Waals surface area contributed by atoms with Gasteiger partial charge in [0.05, 0.1) is 84.7 Å². The maximum atomic E-state index is 12.5. The Bertz CT molecular complexity index is 6850. The van der Waals surface area contributed by atoms with Gasteiger partial charge in [0.15, 0.2) is 37.6 Å². The maximum absolute atomic E-state index is 12.5. The van der Waals surface area contributed by atoms with Crippen molar-refractivity contribution in [2.75, 3.05) is 82.9 Å². The number of fused-ring (bicyclic) bond motifs is 4. The van der Waals surface area contributed by atoms with Gasteiger partial charge in [0.2, 0.25) is 0 Å². The number of benzene rings is 2. The second-order valence-electron chi connectivity index (χ2n) is 35.4. The fourth-order valence-electron chi connectivity index (χ4n) is 15.5. The number of aryl methyl sites for hydroxylation is 1. The molecule has 3 aliphatic heterocycles. The summed E-state index contributed by atoms with van der Waals surface area (Å²) in [6, 6.07) is 32.2. The minimum Gasteiger partial charge on any atom is -0.494 e. The molecular formula is C100H106B3BrClIN14O17P. The third-order valence-electron chi connectivity index (χ3n) is 24.3.